The second-order valence-electron chi connectivity index (χ2n) is 6.25. The molecule has 0 saturated carbocycles. The molecule has 0 saturated heterocycles. The van der Waals surface area contributed by atoms with Crippen molar-refractivity contribution >= 4 is 23.3 Å². The second kappa shape index (κ2) is 6.96. The molecule has 1 aliphatic heterocycles. The van der Waals surface area contributed by atoms with E-state index in [1.807, 2.05) is 30.3 Å². The van der Waals surface area contributed by atoms with Gasteiger partial charge in [0.05, 0.1) is 26.1 Å². The summed E-state index contributed by atoms with van der Waals surface area (Å²) in [5.74, 6) is 1.82. The van der Waals surface area contributed by atoms with Gasteiger partial charge in [0, 0.05) is 28.5 Å². The minimum atomic E-state index is -0.181. The maximum Gasteiger partial charge on any atom is 0.226 e. The third kappa shape index (κ3) is 3.13. The van der Waals surface area contributed by atoms with Crippen molar-refractivity contribution in [3.8, 4) is 17.2 Å². The fourth-order valence-electron chi connectivity index (χ4n) is 3.39. The van der Waals surface area contributed by atoms with Gasteiger partial charge in [0.15, 0.2) is 0 Å². The Morgan fingerprint density at radius 3 is 2.59 bits per heavy atom. The van der Waals surface area contributed by atoms with Crippen LogP contribution in [0.2, 0.25) is 5.02 Å². The van der Waals surface area contributed by atoms with Crippen LogP contribution in [0.4, 0.5) is 5.82 Å². The van der Waals surface area contributed by atoms with Gasteiger partial charge in [0.2, 0.25) is 5.91 Å². The number of amides is 1. The van der Waals surface area contributed by atoms with Crippen LogP contribution in [-0.2, 0) is 4.79 Å². The number of halogens is 1. The summed E-state index contributed by atoms with van der Waals surface area (Å²) in [6, 6.07) is 12.9. The number of methoxy groups -OCH3 is 2. The van der Waals surface area contributed by atoms with Gasteiger partial charge in [-0.05, 0) is 42.5 Å². The quantitative estimate of drug-likeness (QED) is 0.739. The number of nitrogens with one attached hydrogen (secondary N) is 1. The fourth-order valence-corrected chi connectivity index (χ4v) is 3.51. The van der Waals surface area contributed by atoms with Crippen LogP contribution in [0.25, 0.3) is 5.69 Å². The summed E-state index contributed by atoms with van der Waals surface area (Å²) >= 11 is 5.98. The van der Waals surface area contributed by atoms with Crippen LogP contribution in [0.5, 0.6) is 11.5 Å². The first-order chi connectivity index (χ1) is 13.1. The average Bonchev–Trinajstić information content (AvgIpc) is 3.11. The number of nitrogens with zero attached hydrogens (tertiary/aromatic N) is 2. The standard InChI is InChI=1S/C20H18ClN3O3/c1-26-14-7-8-18(27-2)16(9-14)15-10-19(25)23-20-17(15)11-22-24(20)13-5-3-12(21)4-6-13/h3-9,11,15H,10H2,1-2H3,(H,23,25)/t15-/m0/s1. The Morgan fingerprint density at radius 1 is 1.11 bits per heavy atom. The molecule has 1 aromatic heterocycles. The zero-order valence-corrected chi connectivity index (χ0v) is 15.7. The van der Waals surface area contributed by atoms with E-state index in [4.69, 9.17) is 21.1 Å². The molecule has 2 aromatic carbocycles. The molecule has 0 radical (unpaired) electrons. The maximum atomic E-state index is 12.5. The number of aromatic nitrogens is 2. The molecule has 27 heavy (non-hydrogen) atoms. The number of anilines is 1. The second-order valence-corrected chi connectivity index (χ2v) is 6.69. The summed E-state index contributed by atoms with van der Waals surface area (Å²) in [5.41, 5.74) is 2.64. The molecule has 0 fully saturated rings. The molecular formula is C20H18ClN3O3. The summed E-state index contributed by atoms with van der Waals surface area (Å²) in [6.45, 7) is 0. The normalized spacial score (nSPS) is 15.8. The maximum absolute atomic E-state index is 12.5. The molecule has 2 heterocycles. The molecule has 1 amide bonds. The molecule has 1 atom stereocenters. The largest absolute Gasteiger partial charge is 0.497 e. The Labute approximate surface area is 161 Å². The number of benzene rings is 2. The molecule has 1 aliphatic rings. The molecule has 0 aliphatic carbocycles. The van der Waals surface area contributed by atoms with Crippen LogP contribution < -0.4 is 14.8 Å². The van der Waals surface area contributed by atoms with Crippen LogP contribution in [0, 0.1) is 0 Å². The van der Waals surface area contributed by atoms with E-state index in [2.05, 4.69) is 10.4 Å². The van der Waals surface area contributed by atoms with E-state index < -0.39 is 0 Å². The molecule has 1 N–H and O–H groups in total. The SMILES string of the molecule is COc1ccc(OC)c([C@@H]2CC(=O)Nc3c2cnn3-c2ccc(Cl)cc2)c1. The van der Waals surface area contributed by atoms with Crippen molar-refractivity contribution in [3.63, 3.8) is 0 Å². The third-order valence-corrected chi connectivity index (χ3v) is 4.96. The lowest BCUT2D eigenvalue weighted by Crippen LogP contribution is -2.24. The lowest BCUT2D eigenvalue weighted by Gasteiger charge is -2.25. The van der Waals surface area contributed by atoms with Crippen LogP contribution in [0.3, 0.4) is 0 Å². The smallest absolute Gasteiger partial charge is 0.226 e. The molecule has 0 spiro atoms. The van der Waals surface area contributed by atoms with Gasteiger partial charge in [-0.25, -0.2) is 4.68 Å². The van der Waals surface area contributed by atoms with E-state index in [9.17, 15) is 4.79 Å². The third-order valence-electron chi connectivity index (χ3n) is 4.70. The molecule has 0 unspecified atom stereocenters. The predicted octanol–water partition coefficient (Wildman–Crippen LogP) is 4.02. The highest BCUT2D eigenvalue weighted by molar-refractivity contribution is 6.30. The zero-order chi connectivity index (χ0) is 19.0. The number of ether oxygens (including phenoxy) is 2. The Kier molecular flexibility index (Phi) is 4.49. The first-order valence-corrected chi connectivity index (χ1v) is 8.84. The Balaban J connectivity index is 1.83. The van der Waals surface area contributed by atoms with Crippen LogP contribution in [0.1, 0.15) is 23.5 Å². The molecule has 7 heteroatoms. The first-order valence-electron chi connectivity index (χ1n) is 8.46. The minimum Gasteiger partial charge on any atom is -0.497 e. The Bertz CT molecular complexity index is 998. The zero-order valence-electron chi connectivity index (χ0n) is 14.9. The number of carbonyl (C=O) groups excluding carboxylic acids is 1. The van der Waals surface area contributed by atoms with Crippen molar-refractivity contribution in [2.24, 2.45) is 0 Å². The Hall–Kier alpha value is -2.99. The predicted molar refractivity (Wildman–Crippen MR) is 103 cm³/mol. The summed E-state index contributed by atoms with van der Waals surface area (Å²) in [7, 11) is 3.23. The van der Waals surface area contributed by atoms with Gasteiger partial charge in [-0.3, -0.25) is 4.79 Å². The van der Waals surface area contributed by atoms with Crippen molar-refractivity contribution in [2.45, 2.75) is 12.3 Å². The molecular weight excluding hydrogens is 366 g/mol. The van der Waals surface area contributed by atoms with Crippen LogP contribution >= 0.6 is 11.6 Å². The van der Waals surface area contributed by atoms with Gasteiger partial charge in [-0.15, -0.1) is 0 Å². The van der Waals surface area contributed by atoms with Crippen molar-refractivity contribution in [1.82, 2.24) is 9.78 Å². The molecule has 0 bridgehead atoms. The molecule has 6 nitrogen and oxygen atoms in total. The van der Waals surface area contributed by atoms with E-state index in [0.717, 1.165) is 16.8 Å². The molecule has 3 aromatic rings. The van der Waals surface area contributed by atoms with Crippen LogP contribution in [0.15, 0.2) is 48.7 Å². The summed E-state index contributed by atoms with van der Waals surface area (Å²) < 4.78 is 12.6. The van der Waals surface area contributed by atoms with E-state index in [-0.39, 0.29) is 11.8 Å². The number of carbonyl (C=O) groups is 1. The number of hydrogen-bond acceptors (Lipinski definition) is 4. The van der Waals surface area contributed by atoms with Crippen molar-refractivity contribution in [1.29, 1.82) is 0 Å². The number of rotatable bonds is 4. The summed E-state index contributed by atoms with van der Waals surface area (Å²) in [4.78, 5) is 12.5. The van der Waals surface area contributed by atoms with E-state index in [0.29, 0.717) is 28.8 Å². The number of hydrogen-bond donors (Lipinski definition) is 1. The van der Waals surface area contributed by atoms with E-state index in [1.165, 1.54) is 0 Å². The van der Waals surface area contributed by atoms with Crippen LogP contribution in [-0.4, -0.2) is 29.9 Å². The van der Waals surface area contributed by atoms with E-state index >= 15 is 0 Å². The molecule has 4 rings (SSSR count). The van der Waals surface area contributed by atoms with Crippen molar-refractivity contribution in [2.75, 3.05) is 19.5 Å². The first kappa shape index (κ1) is 17.4. The monoisotopic (exact) mass is 383 g/mol. The van der Waals surface area contributed by atoms with Crippen molar-refractivity contribution in [3.05, 3.63) is 64.8 Å². The lowest BCUT2D eigenvalue weighted by atomic mass is 9.86. The average molecular weight is 384 g/mol. The lowest BCUT2D eigenvalue weighted by molar-refractivity contribution is -0.116. The van der Waals surface area contributed by atoms with Gasteiger partial charge in [0.25, 0.3) is 0 Å². The van der Waals surface area contributed by atoms with Gasteiger partial charge < -0.3 is 14.8 Å². The number of fused-ring (bicyclic) bond motifs is 1. The fraction of sp³-hybridized carbons (Fsp3) is 0.200. The highest BCUT2D eigenvalue weighted by Gasteiger charge is 2.32. The summed E-state index contributed by atoms with van der Waals surface area (Å²) in [5, 5.41) is 8.08. The van der Waals surface area contributed by atoms with E-state index in [1.54, 1.807) is 37.2 Å². The highest BCUT2D eigenvalue weighted by Crippen LogP contribution is 2.42. The summed E-state index contributed by atoms with van der Waals surface area (Å²) in [6.07, 6.45) is 2.09. The molecule has 138 valence electrons. The topological polar surface area (TPSA) is 65.4 Å². The van der Waals surface area contributed by atoms with Gasteiger partial charge in [-0.2, -0.15) is 5.10 Å². The van der Waals surface area contributed by atoms with Gasteiger partial charge >= 0.3 is 0 Å². The van der Waals surface area contributed by atoms with Gasteiger partial charge in [-0.1, -0.05) is 11.6 Å². The minimum absolute atomic E-state index is 0.0758. The highest BCUT2D eigenvalue weighted by atomic mass is 35.5. The van der Waals surface area contributed by atoms with Gasteiger partial charge in [0.1, 0.15) is 17.3 Å². The van der Waals surface area contributed by atoms with Crippen molar-refractivity contribution < 1.29 is 14.3 Å². The Morgan fingerprint density at radius 2 is 1.89 bits per heavy atom.